The highest BCUT2D eigenvalue weighted by molar-refractivity contribution is 7.85. The second kappa shape index (κ2) is 6.10. The minimum absolute atomic E-state index is 0.247. The van der Waals surface area contributed by atoms with Crippen LogP contribution < -0.4 is 9.30 Å². The number of rotatable bonds is 5. The van der Waals surface area contributed by atoms with Crippen molar-refractivity contribution in [3.63, 3.8) is 0 Å². The van der Waals surface area contributed by atoms with Crippen LogP contribution in [0, 0.1) is 0 Å². The van der Waals surface area contributed by atoms with E-state index in [9.17, 15) is 13.0 Å². The van der Waals surface area contributed by atoms with Crippen molar-refractivity contribution in [1.82, 2.24) is 4.98 Å². The molecule has 0 aliphatic carbocycles. The zero-order valence-corrected chi connectivity index (χ0v) is 13.4. The van der Waals surface area contributed by atoms with Crippen LogP contribution in [-0.2, 0) is 16.7 Å². The van der Waals surface area contributed by atoms with Crippen molar-refractivity contribution in [2.24, 2.45) is 0 Å². The first-order valence-electron chi connectivity index (χ1n) is 7.18. The van der Waals surface area contributed by atoms with Gasteiger partial charge in [0, 0.05) is 24.3 Å². The third-order valence-corrected chi connectivity index (χ3v) is 4.46. The zero-order valence-electron chi connectivity index (χ0n) is 12.6. The maximum absolute atomic E-state index is 10.9. The molecule has 0 spiro atoms. The van der Waals surface area contributed by atoms with Gasteiger partial charge in [0.15, 0.2) is 17.8 Å². The Morgan fingerprint density at radius 2 is 1.87 bits per heavy atom. The molecular formula is C16H16N2O4S. The highest BCUT2D eigenvalue weighted by Gasteiger charge is 2.18. The van der Waals surface area contributed by atoms with Crippen molar-refractivity contribution in [1.29, 1.82) is 0 Å². The molecule has 3 rings (SSSR count). The molecule has 0 unspecified atom stereocenters. The number of nitrogens with zero attached hydrogens (tertiary/aromatic N) is 2. The first-order chi connectivity index (χ1) is 11.0. The molecule has 0 fully saturated rings. The topological polar surface area (TPSA) is 83.2 Å². The molecule has 0 saturated heterocycles. The number of aromatic nitrogens is 2. The summed E-state index contributed by atoms with van der Waals surface area (Å²) in [5.41, 5.74) is 3.22. The molecule has 1 aromatic heterocycles. The van der Waals surface area contributed by atoms with Gasteiger partial charge in [0.2, 0.25) is 11.0 Å². The summed E-state index contributed by atoms with van der Waals surface area (Å²) >= 11 is 0. The Morgan fingerprint density at radius 3 is 2.61 bits per heavy atom. The maximum Gasteiger partial charge on any atom is 0.235 e. The van der Waals surface area contributed by atoms with Gasteiger partial charge in [-0.1, -0.05) is 18.2 Å². The first-order valence-corrected chi connectivity index (χ1v) is 8.76. The number of hydrogen-bond acceptors (Lipinski definition) is 5. The summed E-state index contributed by atoms with van der Waals surface area (Å²) in [6, 6.07) is 13.2. The molecule has 23 heavy (non-hydrogen) atoms. The highest BCUT2D eigenvalue weighted by atomic mass is 32.2. The van der Waals surface area contributed by atoms with Gasteiger partial charge in [-0.2, -0.15) is 4.57 Å². The monoisotopic (exact) mass is 332 g/mol. The smallest absolute Gasteiger partial charge is 0.235 e. The molecule has 120 valence electrons. The van der Waals surface area contributed by atoms with Crippen molar-refractivity contribution in [3.05, 3.63) is 42.5 Å². The molecule has 0 N–H and O–H groups in total. The second-order valence-corrected chi connectivity index (χ2v) is 6.72. The van der Waals surface area contributed by atoms with Crippen LogP contribution in [0.1, 0.15) is 6.42 Å². The Hall–Kier alpha value is -2.25. The fraction of sp³-hybridized carbons (Fsp3) is 0.250. The molecule has 0 atom stereocenters. The predicted molar refractivity (Wildman–Crippen MR) is 85.2 cm³/mol. The number of para-hydroxylation sites is 3. The average molecular weight is 332 g/mol. The average Bonchev–Trinajstić information content (AvgIpc) is 2.52. The van der Waals surface area contributed by atoms with Gasteiger partial charge in [0.05, 0.1) is 17.2 Å². The van der Waals surface area contributed by atoms with Gasteiger partial charge in [0.1, 0.15) is 5.52 Å². The van der Waals surface area contributed by atoms with Crippen LogP contribution in [0.25, 0.3) is 22.1 Å². The maximum atomic E-state index is 10.9. The third kappa shape index (κ3) is 3.25. The van der Waals surface area contributed by atoms with E-state index in [1.54, 1.807) is 7.11 Å². The standard InChI is InChI=1S/C16H16N2O4S/c1-22-15-9-4-8-14-16(15)17-12-6-2-3-7-13(12)18(14)10-5-11-23(19,20)21/h2-4,6-9H,5,10-11H2,1H3. The van der Waals surface area contributed by atoms with E-state index in [2.05, 4.69) is 4.98 Å². The van der Waals surface area contributed by atoms with E-state index in [1.807, 2.05) is 47.0 Å². The van der Waals surface area contributed by atoms with Crippen molar-refractivity contribution in [3.8, 4) is 5.75 Å². The first kappa shape index (κ1) is 15.6. The summed E-state index contributed by atoms with van der Waals surface area (Å²) in [6.45, 7) is 0.411. The van der Waals surface area contributed by atoms with Gasteiger partial charge in [-0.3, -0.25) is 0 Å². The molecule has 1 heterocycles. The molecule has 6 nitrogen and oxygen atoms in total. The molecule has 0 aliphatic rings. The van der Waals surface area contributed by atoms with Crippen molar-refractivity contribution in [2.45, 2.75) is 13.0 Å². The van der Waals surface area contributed by atoms with Crippen molar-refractivity contribution < 1.29 is 22.3 Å². The largest absolute Gasteiger partial charge is 0.748 e. The minimum Gasteiger partial charge on any atom is -0.748 e. The van der Waals surface area contributed by atoms with Crippen LogP contribution >= 0.6 is 0 Å². The van der Waals surface area contributed by atoms with Crippen LogP contribution in [0.4, 0.5) is 0 Å². The molecule has 0 bridgehead atoms. The lowest BCUT2D eigenvalue weighted by atomic mass is 10.2. The van der Waals surface area contributed by atoms with E-state index in [0.29, 0.717) is 17.8 Å². The van der Waals surface area contributed by atoms with E-state index in [-0.39, 0.29) is 12.2 Å². The summed E-state index contributed by atoms with van der Waals surface area (Å²) in [6.07, 6.45) is 0.247. The normalized spacial score (nSPS) is 11.9. The number of hydrogen-bond donors (Lipinski definition) is 0. The molecule has 2 aromatic carbocycles. The summed E-state index contributed by atoms with van der Waals surface area (Å²) in [5.74, 6) is 0.265. The number of methoxy groups -OCH3 is 1. The molecule has 0 aliphatic heterocycles. The second-order valence-electron chi connectivity index (χ2n) is 5.20. The molecule has 0 saturated carbocycles. The van der Waals surface area contributed by atoms with E-state index >= 15 is 0 Å². The summed E-state index contributed by atoms with van der Waals surface area (Å²) in [5, 5.41) is 0. The minimum atomic E-state index is -4.22. The SMILES string of the molecule is COc1cccc2c1nc1ccccc1[n+]2CCCS(=O)(=O)[O-]. The fourth-order valence-corrected chi connectivity index (χ4v) is 3.17. The Balaban J connectivity index is 2.18. The van der Waals surface area contributed by atoms with Crippen LogP contribution in [0.2, 0.25) is 0 Å². The van der Waals surface area contributed by atoms with Gasteiger partial charge in [-0.15, -0.1) is 0 Å². The fourth-order valence-electron chi connectivity index (χ4n) is 2.68. The molecule has 0 radical (unpaired) electrons. The number of ether oxygens (including phenoxy) is 1. The zero-order chi connectivity index (χ0) is 16.4. The lowest BCUT2D eigenvalue weighted by molar-refractivity contribution is -0.645. The number of fused-ring (bicyclic) bond motifs is 2. The van der Waals surface area contributed by atoms with Gasteiger partial charge in [-0.25, -0.2) is 13.4 Å². The van der Waals surface area contributed by atoms with E-state index in [1.165, 1.54) is 0 Å². The predicted octanol–water partition coefficient (Wildman–Crippen LogP) is 1.62. The van der Waals surface area contributed by atoms with Gasteiger partial charge in [0.25, 0.3) is 0 Å². The summed E-state index contributed by atoms with van der Waals surface area (Å²) < 4.78 is 39.9. The molecular weight excluding hydrogens is 316 g/mol. The van der Waals surface area contributed by atoms with E-state index in [4.69, 9.17) is 4.74 Å². The highest BCUT2D eigenvalue weighted by Crippen LogP contribution is 2.23. The summed E-state index contributed by atoms with van der Waals surface area (Å²) in [4.78, 5) is 4.64. The Kier molecular flexibility index (Phi) is 4.14. The van der Waals surface area contributed by atoms with Gasteiger partial charge in [-0.05, 0) is 12.1 Å². The number of aryl methyl sites for hydroxylation is 1. The lowest BCUT2D eigenvalue weighted by Crippen LogP contribution is -2.37. The summed E-state index contributed by atoms with van der Waals surface area (Å²) in [7, 11) is -2.63. The molecule has 0 amide bonds. The Bertz CT molecular complexity index is 970. The van der Waals surface area contributed by atoms with Crippen LogP contribution in [0.5, 0.6) is 5.75 Å². The van der Waals surface area contributed by atoms with Crippen LogP contribution in [0.3, 0.4) is 0 Å². The van der Waals surface area contributed by atoms with E-state index in [0.717, 1.165) is 16.6 Å². The van der Waals surface area contributed by atoms with Crippen molar-refractivity contribution in [2.75, 3.05) is 12.9 Å². The lowest BCUT2D eigenvalue weighted by Gasteiger charge is -2.09. The quantitative estimate of drug-likeness (QED) is 0.403. The molecule has 7 heteroatoms. The van der Waals surface area contributed by atoms with Gasteiger partial charge < -0.3 is 9.29 Å². The number of benzene rings is 2. The van der Waals surface area contributed by atoms with E-state index < -0.39 is 10.1 Å². The van der Waals surface area contributed by atoms with Crippen LogP contribution in [-0.4, -0.2) is 30.8 Å². The third-order valence-electron chi connectivity index (χ3n) is 3.67. The Morgan fingerprint density at radius 1 is 1.13 bits per heavy atom. The van der Waals surface area contributed by atoms with Gasteiger partial charge >= 0.3 is 0 Å². The van der Waals surface area contributed by atoms with Crippen molar-refractivity contribution >= 4 is 32.2 Å². The van der Waals surface area contributed by atoms with Crippen LogP contribution in [0.15, 0.2) is 42.5 Å². The molecule has 3 aromatic rings. The Labute approximate surface area is 134 Å².